The van der Waals surface area contributed by atoms with Gasteiger partial charge in [-0.1, -0.05) is 42.5 Å². The van der Waals surface area contributed by atoms with Crippen LogP contribution < -0.4 is 11.1 Å². The summed E-state index contributed by atoms with van der Waals surface area (Å²) in [5.74, 6) is 0.681. The van der Waals surface area contributed by atoms with E-state index in [1.807, 2.05) is 42.5 Å². The molecule has 1 aromatic heterocycles. The first-order valence-corrected chi connectivity index (χ1v) is 6.46. The second kappa shape index (κ2) is 5.45. The van der Waals surface area contributed by atoms with Gasteiger partial charge < -0.3 is 11.1 Å². The van der Waals surface area contributed by atoms with Crippen molar-refractivity contribution in [2.45, 2.75) is 0 Å². The van der Waals surface area contributed by atoms with Gasteiger partial charge in [0.05, 0.1) is 5.69 Å². The molecule has 0 spiro atoms. The molecule has 0 fully saturated rings. The molecule has 3 rings (SSSR count). The molecule has 0 amide bonds. The maximum atomic E-state index is 5.86. The number of hydrogen-bond donors (Lipinski definition) is 2. The number of pyridine rings is 1. The van der Waals surface area contributed by atoms with E-state index in [9.17, 15) is 0 Å². The highest BCUT2D eigenvalue weighted by molar-refractivity contribution is 5.71. The quantitative estimate of drug-likeness (QED) is 0.747. The van der Waals surface area contributed by atoms with Crippen LogP contribution >= 0.6 is 0 Å². The minimum atomic E-state index is 0.639. The van der Waals surface area contributed by atoms with Gasteiger partial charge >= 0.3 is 0 Å². The maximum Gasteiger partial charge on any atom is 0.153 e. The van der Waals surface area contributed by atoms with E-state index in [2.05, 4.69) is 34.6 Å². The van der Waals surface area contributed by atoms with Crippen molar-refractivity contribution >= 4 is 17.2 Å². The molecule has 0 unspecified atom stereocenters. The summed E-state index contributed by atoms with van der Waals surface area (Å²) in [7, 11) is 0. The third-order valence-corrected chi connectivity index (χ3v) is 3.09. The van der Waals surface area contributed by atoms with Crippen LogP contribution in [0, 0.1) is 0 Å². The maximum absolute atomic E-state index is 5.86. The predicted molar refractivity (Wildman–Crippen MR) is 83.8 cm³/mol. The number of nitrogen functional groups attached to an aromatic ring is 1. The van der Waals surface area contributed by atoms with E-state index in [4.69, 9.17) is 5.73 Å². The molecular formula is C17H15N3. The van der Waals surface area contributed by atoms with Gasteiger partial charge in [0.25, 0.3) is 0 Å². The Bertz CT molecular complexity index is 691. The molecule has 0 atom stereocenters. The minimum Gasteiger partial charge on any atom is -0.396 e. The Kier molecular flexibility index (Phi) is 3.33. The van der Waals surface area contributed by atoms with Gasteiger partial charge in [-0.3, -0.25) is 0 Å². The summed E-state index contributed by atoms with van der Waals surface area (Å²) < 4.78 is 0. The molecule has 2 aromatic carbocycles. The van der Waals surface area contributed by atoms with E-state index < -0.39 is 0 Å². The van der Waals surface area contributed by atoms with Crippen LogP contribution in [-0.2, 0) is 0 Å². The van der Waals surface area contributed by atoms with E-state index in [0.29, 0.717) is 11.5 Å². The Morgan fingerprint density at radius 3 is 2.15 bits per heavy atom. The Hall–Kier alpha value is -2.81. The van der Waals surface area contributed by atoms with Crippen molar-refractivity contribution in [2.75, 3.05) is 11.1 Å². The van der Waals surface area contributed by atoms with Gasteiger partial charge in [0.2, 0.25) is 0 Å². The van der Waals surface area contributed by atoms with Crippen LogP contribution in [0.4, 0.5) is 17.2 Å². The van der Waals surface area contributed by atoms with Gasteiger partial charge in [0.1, 0.15) is 0 Å². The van der Waals surface area contributed by atoms with E-state index in [-0.39, 0.29) is 0 Å². The van der Waals surface area contributed by atoms with Gasteiger partial charge in [-0.2, -0.15) is 0 Å². The molecule has 0 bridgehead atoms. The first-order chi connectivity index (χ1) is 9.83. The lowest BCUT2D eigenvalue weighted by Gasteiger charge is -2.08. The van der Waals surface area contributed by atoms with Crippen molar-refractivity contribution in [1.82, 2.24) is 4.98 Å². The van der Waals surface area contributed by atoms with Crippen LogP contribution in [0.5, 0.6) is 0 Å². The normalized spacial score (nSPS) is 10.2. The highest BCUT2D eigenvalue weighted by Crippen LogP contribution is 2.24. The molecule has 0 aliphatic carbocycles. The number of rotatable bonds is 3. The SMILES string of the molecule is Nc1cccnc1Nc1ccc(-c2ccccc2)cc1. The molecule has 98 valence electrons. The summed E-state index contributed by atoms with van der Waals surface area (Å²) >= 11 is 0. The van der Waals surface area contributed by atoms with Crippen molar-refractivity contribution in [1.29, 1.82) is 0 Å². The van der Waals surface area contributed by atoms with Gasteiger partial charge in [0, 0.05) is 11.9 Å². The summed E-state index contributed by atoms with van der Waals surface area (Å²) in [6.45, 7) is 0. The topological polar surface area (TPSA) is 50.9 Å². The smallest absolute Gasteiger partial charge is 0.153 e. The van der Waals surface area contributed by atoms with E-state index in [0.717, 1.165) is 5.69 Å². The second-order valence-electron chi connectivity index (χ2n) is 4.51. The number of nitrogens with two attached hydrogens (primary N) is 1. The zero-order chi connectivity index (χ0) is 13.8. The monoisotopic (exact) mass is 261 g/mol. The molecule has 1 heterocycles. The molecule has 0 aliphatic rings. The fraction of sp³-hybridized carbons (Fsp3) is 0. The number of nitrogens with zero attached hydrogens (tertiary/aromatic N) is 1. The molecule has 0 radical (unpaired) electrons. The first kappa shape index (κ1) is 12.2. The van der Waals surface area contributed by atoms with Crippen LogP contribution in [0.15, 0.2) is 72.9 Å². The number of aromatic nitrogens is 1. The first-order valence-electron chi connectivity index (χ1n) is 6.46. The number of benzene rings is 2. The van der Waals surface area contributed by atoms with Gasteiger partial charge in [-0.15, -0.1) is 0 Å². The fourth-order valence-electron chi connectivity index (χ4n) is 2.04. The lowest BCUT2D eigenvalue weighted by Crippen LogP contribution is -1.98. The third kappa shape index (κ3) is 2.62. The van der Waals surface area contributed by atoms with Crippen molar-refractivity contribution in [3.05, 3.63) is 72.9 Å². The number of hydrogen-bond acceptors (Lipinski definition) is 3. The summed E-state index contributed by atoms with van der Waals surface area (Å²) in [5, 5.41) is 3.21. The van der Waals surface area contributed by atoms with Crippen molar-refractivity contribution in [3.63, 3.8) is 0 Å². The Labute approximate surface area is 118 Å². The average Bonchev–Trinajstić information content (AvgIpc) is 2.51. The van der Waals surface area contributed by atoms with Crippen molar-refractivity contribution in [3.8, 4) is 11.1 Å². The zero-order valence-electron chi connectivity index (χ0n) is 11.0. The summed E-state index contributed by atoms with van der Waals surface area (Å²) in [5.41, 5.74) is 9.86. The molecule has 20 heavy (non-hydrogen) atoms. The molecule has 3 nitrogen and oxygen atoms in total. The van der Waals surface area contributed by atoms with E-state index in [1.54, 1.807) is 6.20 Å². The summed E-state index contributed by atoms with van der Waals surface area (Å²) in [4.78, 5) is 4.22. The lowest BCUT2D eigenvalue weighted by atomic mass is 10.1. The number of nitrogens with one attached hydrogen (secondary N) is 1. The van der Waals surface area contributed by atoms with Crippen molar-refractivity contribution < 1.29 is 0 Å². The number of anilines is 3. The third-order valence-electron chi connectivity index (χ3n) is 3.09. The van der Waals surface area contributed by atoms with Gasteiger partial charge in [-0.25, -0.2) is 4.98 Å². The van der Waals surface area contributed by atoms with Crippen molar-refractivity contribution in [2.24, 2.45) is 0 Å². The van der Waals surface area contributed by atoms with Crippen LogP contribution in [0.1, 0.15) is 0 Å². The van der Waals surface area contributed by atoms with Gasteiger partial charge in [0.15, 0.2) is 5.82 Å². The second-order valence-corrected chi connectivity index (χ2v) is 4.51. The molecule has 3 aromatic rings. The van der Waals surface area contributed by atoms with Crippen LogP contribution in [0.3, 0.4) is 0 Å². The van der Waals surface area contributed by atoms with E-state index >= 15 is 0 Å². The lowest BCUT2D eigenvalue weighted by molar-refractivity contribution is 1.31. The van der Waals surface area contributed by atoms with Crippen LogP contribution in [-0.4, -0.2) is 4.98 Å². The standard InChI is InChI=1S/C17H15N3/c18-16-7-4-12-19-17(16)20-15-10-8-14(9-11-15)13-5-2-1-3-6-13/h1-12H,18H2,(H,19,20). The summed E-state index contributed by atoms with van der Waals surface area (Å²) in [6.07, 6.45) is 1.72. The molecule has 0 saturated carbocycles. The molecule has 3 heteroatoms. The fourth-order valence-corrected chi connectivity index (χ4v) is 2.04. The molecule has 0 aliphatic heterocycles. The summed E-state index contributed by atoms with van der Waals surface area (Å²) in [6, 6.07) is 22.1. The van der Waals surface area contributed by atoms with Gasteiger partial charge in [-0.05, 0) is 35.4 Å². The molecular weight excluding hydrogens is 246 g/mol. The van der Waals surface area contributed by atoms with Crippen LogP contribution in [0.2, 0.25) is 0 Å². The minimum absolute atomic E-state index is 0.639. The van der Waals surface area contributed by atoms with Crippen LogP contribution in [0.25, 0.3) is 11.1 Å². The van der Waals surface area contributed by atoms with E-state index in [1.165, 1.54) is 11.1 Å². The molecule has 0 saturated heterocycles. The highest BCUT2D eigenvalue weighted by Gasteiger charge is 2.01. The molecule has 3 N–H and O–H groups in total. The largest absolute Gasteiger partial charge is 0.396 e. The Morgan fingerprint density at radius 2 is 1.45 bits per heavy atom. The predicted octanol–water partition coefficient (Wildman–Crippen LogP) is 4.07. The zero-order valence-corrected chi connectivity index (χ0v) is 11.0. The Balaban J connectivity index is 1.82. The highest BCUT2D eigenvalue weighted by atomic mass is 15.0. The Morgan fingerprint density at radius 1 is 0.750 bits per heavy atom. The average molecular weight is 261 g/mol.